The van der Waals surface area contributed by atoms with Crippen molar-refractivity contribution in [2.24, 2.45) is 0 Å². The fraction of sp³-hybridized carbons (Fsp3) is 0.125. The first-order chi connectivity index (χ1) is 9.74. The summed E-state index contributed by atoms with van der Waals surface area (Å²) in [6, 6.07) is 13.3. The summed E-state index contributed by atoms with van der Waals surface area (Å²) in [6.07, 6.45) is 1.69. The van der Waals surface area contributed by atoms with E-state index in [4.69, 9.17) is 4.74 Å². The monoisotopic (exact) mass is 266 g/mol. The van der Waals surface area contributed by atoms with E-state index in [0.717, 1.165) is 16.6 Å². The Kier molecular flexibility index (Phi) is 2.99. The van der Waals surface area contributed by atoms with E-state index >= 15 is 0 Å². The predicted octanol–water partition coefficient (Wildman–Crippen LogP) is 2.70. The van der Waals surface area contributed by atoms with Crippen LogP contribution in [0.3, 0.4) is 0 Å². The Bertz CT molecular complexity index is 823. The number of ether oxygens (including phenoxy) is 1. The van der Waals surface area contributed by atoms with Crippen LogP contribution in [-0.2, 0) is 0 Å². The van der Waals surface area contributed by atoms with E-state index in [1.807, 2.05) is 49.4 Å². The lowest BCUT2D eigenvalue weighted by Gasteiger charge is -2.14. The molecule has 0 saturated carbocycles. The molecule has 0 bridgehead atoms. The average molecular weight is 266 g/mol. The van der Waals surface area contributed by atoms with Crippen molar-refractivity contribution in [1.29, 1.82) is 0 Å². The Morgan fingerprint density at radius 1 is 1.10 bits per heavy atom. The van der Waals surface area contributed by atoms with Crippen LogP contribution in [0.4, 0.5) is 0 Å². The lowest BCUT2D eigenvalue weighted by molar-refractivity contribution is 0.404. The van der Waals surface area contributed by atoms with Crippen LogP contribution >= 0.6 is 0 Å². The van der Waals surface area contributed by atoms with Crippen molar-refractivity contribution in [3.63, 3.8) is 0 Å². The van der Waals surface area contributed by atoms with Gasteiger partial charge in [0.25, 0.3) is 5.56 Å². The number of fused-ring (bicyclic) bond motifs is 1. The smallest absolute Gasteiger partial charge is 0.299 e. The third-order valence-electron chi connectivity index (χ3n) is 3.36. The molecule has 0 atom stereocenters. The van der Waals surface area contributed by atoms with Gasteiger partial charge in [-0.2, -0.15) is 0 Å². The van der Waals surface area contributed by atoms with Crippen molar-refractivity contribution >= 4 is 11.0 Å². The van der Waals surface area contributed by atoms with Gasteiger partial charge >= 0.3 is 0 Å². The Hall–Kier alpha value is -2.62. The number of methoxy groups -OCH3 is 1. The SMILES string of the molecule is COc1c(C)c2cccnc2n(-c2ccccc2)c1=O. The van der Waals surface area contributed by atoms with E-state index < -0.39 is 0 Å². The summed E-state index contributed by atoms with van der Waals surface area (Å²) in [5.41, 5.74) is 2.04. The molecule has 0 saturated heterocycles. The first-order valence-electron chi connectivity index (χ1n) is 6.34. The summed E-state index contributed by atoms with van der Waals surface area (Å²) in [4.78, 5) is 17.0. The van der Waals surface area contributed by atoms with E-state index in [0.29, 0.717) is 11.4 Å². The molecule has 0 aliphatic heterocycles. The van der Waals surface area contributed by atoms with E-state index in [1.165, 1.54) is 7.11 Å². The highest BCUT2D eigenvalue weighted by atomic mass is 16.5. The molecular formula is C16H14N2O2. The van der Waals surface area contributed by atoms with Crippen LogP contribution in [0.5, 0.6) is 5.75 Å². The van der Waals surface area contributed by atoms with E-state index in [9.17, 15) is 4.79 Å². The highest BCUT2D eigenvalue weighted by Gasteiger charge is 2.15. The van der Waals surface area contributed by atoms with Crippen molar-refractivity contribution in [1.82, 2.24) is 9.55 Å². The lowest BCUT2D eigenvalue weighted by Crippen LogP contribution is -2.22. The second-order valence-corrected chi connectivity index (χ2v) is 4.51. The third-order valence-corrected chi connectivity index (χ3v) is 3.36. The van der Waals surface area contributed by atoms with Crippen LogP contribution in [0.1, 0.15) is 5.56 Å². The molecule has 4 nitrogen and oxygen atoms in total. The maximum absolute atomic E-state index is 12.6. The second kappa shape index (κ2) is 4.81. The molecule has 0 amide bonds. The largest absolute Gasteiger partial charge is 0.491 e. The second-order valence-electron chi connectivity index (χ2n) is 4.51. The summed E-state index contributed by atoms with van der Waals surface area (Å²) in [6.45, 7) is 1.87. The Balaban J connectivity index is 2.51. The van der Waals surface area contributed by atoms with Crippen molar-refractivity contribution < 1.29 is 4.74 Å². The van der Waals surface area contributed by atoms with Crippen molar-refractivity contribution in [2.45, 2.75) is 6.92 Å². The van der Waals surface area contributed by atoms with Crippen LogP contribution in [-0.4, -0.2) is 16.7 Å². The van der Waals surface area contributed by atoms with Gasteiger partial charge in [0, 0.05) is 17.1 Å². The molecule has 0 fully saturated rings. The summed E-state index contributed by atoms with van der Waals surface area (Å²) in [7, 11) is 1.52. The van der Waals surface area contributed by atoms with E-state index in [-0.39, 0.29) is 5.56 Å². The third kappa shape index (κ3) is 1.77. The molecule has 0 N–H and O–H groups in total. The van der Waals surface area contributed by atoms with Gasteiger partial charge in [0.2, 0.25) is 0 Å². The minimum Gasteiger partial charge on any atom is -0.491 e. The zero-order chi connectivity index (χ0) is 14.1. The molecule has 20 heavy (non-hydrogen) atoms. The first kappa shape index (κ1) is 12.4. The molecule has 1 aromatic carbocycles. The molecule has 0 radical (unpaired) electrons. The number of benzene rings is 1. The molecule has 2 heterocycles. The number of nitrogens with zero attached hydrogens (tertiary/aromatic N) is 2. The molecule has 0 spiro atoms. The van der Waals surface area contributed by atoms with Gasteiger partial charge in [-0.1, -0.05) is 18.2 Å². The minimum absolute atomic E-state index is 0.192. The maximum Gasteiger partial charge on any atom is 0.299 e. The summed E-state index contributed by atoms with van der Waals surface area (Å²) < 4.78 is 6.87. The van der Waals surface area contributed by atoms with Crippen LogP contribution in [0.25, 0.3) is 16.7 Å². The van der Waals surface area contributed by atoms with Crippen molar-refractivity contribution in [2.75, 3.05) is 7.11 Å². The number of hydrogen-bond acceptors (Lipinski definition) is 3. The van der Waals surface area contributed by atoms with Gasteiger partial charge in [-0.05, 0) is 31.2 Å². The number of para-hydroxylation sites is 1. The fourth-order valence-electron chi connectivity index (χ4n) is 2.41. The molecule has 100 valence electrons. The predicted molar refractivity (Wildman–Crippen MR) is 78.6 cm³/mol. The Morgan fingerprint density at radius 2 is 1.85 bits per heavy atom. The minimum atomic E-state index is -0.192. The molecule has 2 aromatic heterocycles. The van der Waals surface area contributed by atoms with Crippen LogP contribution < -0.4 is 10.3 Å². The van der Waals surface area contributed by atoms with Gasteiger partial charge in [0.15, 0.2) is 5.75 Å². The molecule has 0 aliphatic rings. The first-order valence-corrected chi connectivity index (χ1v) is 6.34. The van der Waals surface area contributed by atoms with E-state index in [1.54, 1.807) is 10.8 Å². The molecular weight excluding hydrogens is 252 g/mol. The summed E-state index contributed by atoms with van der Waals surface area (Å²) in [5, 5.41) is 0.910. The molecule has 4 heteroatoms. The van der Waals surface area contributed by atoms with Gasteiger partial charge in [-0.15, -0.1) is 0 Å². The van der Waals surface area contributed by atoms with E-state index in [2.05, 4.69) is 4.98 Å². The normalized spacial score (nSPS) is 10.7. The molecule has 0 aliphatic carbocycles. The quantitative estimate of drug-likeness (QED) is 0.716. The number of hydrogen-bond donors (Lipinski definition) is 0. The van der Waals surface area contributed by atoms with Crippen molar-refractivity contribution in [3.05, 3.63) is 64.6 Å². The number of aromatic nitrogens is 2. The Morgan fingerprint density at radius 3 is 2.55 bits per heavy atom. The average Bonchev–Trinajstić information content (AvgIpc) is 2.49. The van der Waals surface area contributed by atoms with Crippen LogP contribution in [0, 0.1) is 6.92 Å². The molecule has 0 unspecified atom stereocenters. The summed E-state index contributed by atoms with van der Waals surface area (Å²) >= 11 is 0. The topological polar surface area (TPSA) is 44.1 Å². The maximum atomic E-state index is 12.6. The highest BCUT2D eigenvalue weighted by Crippen LogP contribution is 2.24. The van der Waals surface area contributed by atoms with Crippen LogP contribution in [0.15, 0.2) is 53.5 Å². The van der Waals surface area contributed by atoms with Crippen LogP contribution in [0.2, 0.25) is 0 Å². The number of aryl methyl sites for hydroxylation is 1. The zero-order valence-corrected chi connectivity index (χ0v) is 11.3. The number of pyridine rings is 2. The van der Waals surface area contributed by atoms with Gasteiger partial charge in [0.1, 0.15) is 5.65 Å². The zero-order valence-electron chi connectivity index (χ0n) is 11.3. The molecule has 3 rings (SSSR count). The summed E-state index contributed by atoms with van der Waals surface area (Å²) in [5.74, 6) is 0.356. The van der Waals surface area contributed by atoms with Gasteiger partial charge in [-0.25, -0.2) is 4.98 Å². The van der Waals surface area contributed by atoms with Gasteiger partial charge < -0.3 is 4.74 Å². The van der Waals surface area contributed by atoms with Gasteiger partial charge in [-0.3, -0.25) is 9.36 Å². The number of rotatable bonds is 2. The van der Waals surface area contributed by atoms with Gasteiger partial charge in [0.05, 0.1) is 12.8 Å². The standard InChI is InChI=1S/C16H14N2O2/c1-11-13-9-6-10-17-15(13)18(16(19)14(11)20-2)12-7-4-3-5-8-12/h3-10H,1-2H3. The Labute approximate surface area is 116 Å². The van der Waals surface area contributed by atoms with Crippen molar-refractivity contribution in [3.8, 4) is 11.4 Å². The molecule has 3 aromatic rings. The lowest BCUT2D eigenvalue weighted by atomic mass is 10.1. The highest BCUT2D eigenvalue weighted by molar-refractivity contribution is 5.82. The fourth-order valence-corrected chi connectivity index (χ4v) is 2.41.